The molecule has 0 radical (unpaired) electrons. The molecule has 1 rings (SSSR count). The lowest BCUT2D eigenvalue weighted by Crippen LogP contribution is -2.13. The number of amides is 1. The van der Waals surface area contributed by atoms with E-state index in [1.807, 2.05) is 13.0 Å². The van der Waals surface area contributed by atoms with Crippen molar-refractivity contribution >= 4 is 17.6 Å². The number of carbonyl (C=O) groups excluding carboxylic acids is 2. The van der Waals surface area contributed by atoms with Crippen molar-refractivity contribution in [2.75, 3.05) is 11.9 Å². The van der Waals surface area contributed by atoms with E-state index in [4.69, 9.17) is 4.74 Å². The van der Waals surface area contributed by atoms with Crippen LogP contribution in [0.3, 0.4) is 0 Å². The molecule has 0 unspecified atom stereocenters. The lowest BCUT2D eigenvalue weighted by Gasteiger charge is -2.09. The Kier molecular flexibility index (Phi) is 5.96. The fraction of sp³-hybridized carbons (Fsp3) is 0.385. The highest BCUT2D eigenvalue weighted by molar-refractivity contribution is 6.00. The SMILES string of the molecule is C.CCOC(=O)c1cc(C)ccc1NC(C)=O. The molecule has 0 heterocycles. The van der Waals surface area contributed by atoms with Gasteiger partial charge >= 0.3 is 5.97 Å². The van der Waals surface area contributed by atoms with Crippen LogP contribution in [0.15, 0.2) is 18.2 Å². The highest BCUT2D eigenvalue weighted by Crippen LogP contribution is 2.18. The maximum Gasteiger partial charge on any atom is 0.340 e. The summed E-state index contributed by atoms with van der Waals surface area (Å²) < 4.78 is 4.91. The predicted molar refractivity (Wildman–Crippen MR) is 68.2 cm³/mol. The van der Waals surface area contributed by atoms with Crippen LogP contribution in [0.1, 0.15) is 37.2 Å². The number of carbonyl (C=O) groups is 2. The predicted octanol–water partition coefficient (Wildman–Crippen LogP) is 2.77. The van der Waals surface area contributed by atoms with Crippen LogP contribution in [0.4, 0.5) is 5.69 Å². The standard InChI is InChI=1S/C12H15NO3.CH4/c1-4-16-12(15)10-7-8(2)5-6-11(10)13-9(3)14;/h5-7H,4H2,1-3H3,(H,13,14);1H4. The minimum absolute atomic E-state index is 0. The molecule has 0 aliphatic heterocycles. The molecular weight excluding hydrogens is 218 g/mol. The Morgan fingerprint density at radius 2 is 2.00 bits per heavy atom. The maximum atomic E-state index is 11.6. The normalized spacial score (nSPS) is 9.12. The van der Waals surface area contributed by atoms with Gasteiger partial charge in [0.05, 0.1) is 17.9 Å². The van der Waals surface area contributed by atoms with E-state index in [9.17, 15) is 9.59 Å². The molecule has 0 aromatic heterocycles. The molecule has 1 N–H and O–H groups in total. The third-order valence-corrected chi connectivity index (χ3v) is 1.98. The van der Waals surface area contributed by atoms with E-state index in [-0.39, 0.29) is 13.3 Å². The number of hydrogen-bond acceptors (Lipinski definition) is 3. The third-order valence-electron chi connectivity index (χ3n) is 1.98. The van der Waals surface area contributed by atoms with E-state index >= 15 is 0 Å². The molecule has 0 saturated carbocycles. The monoisotopic (exact) mass is 237 g/mol. The second kappa shape index (κ2) is 6.68. The van der Waals surface area contributed by atoms with Crippen LogP contribution >= 0.6 is 0 Å². The van der Waals surface area contributed by atoms with E-state index in [0.29, 0.717) is 17.9 Å². The van der Waals surface area contributed by atoms with Gasteiger partial charge in [-0.05, 0) is 26.0 Å². The second-order valence-electron chi connectivity index (χ2n) is 3.45. The number of anilines is 1. The van der Waals surface area contributed by atoms with Crippen LogP contribution in [0.2, 0.25) is 0 Å². The smallest absolute Gasteiger partial charge is 0.340 e. The van der Waals surface area contributed by atoms with Crippen LogP contribution in [-0.2, 0) is 9.53 Å². The number of aryl methyl sites for hydroxylation is 1. The fourth-order valence-corrected chi connectivity index (χ4v) is 1.33. The molecule has 1 aromatic carbocycles. The van der Waals surface area contributed by atoms with Crippen molar-refractivity contribution in [1.29, 1.82) is 0 Å². The summed E-state index contributed by atoms with van der Waals surface area (Å²) in [5.74, 6) is -0.635. The van der Waals surface area contributed by atoms with Gasteiger partial charge < -0.3 is 10.1 Å². The van der Waals surface area contributed by atoms with Gasteiger partial charge in [-0.2, -0.15) is 0 Å². The number of benzene rings is 1. The first-order valence-corrected chi connectivity index (χ1v) is 5.10. The Morgan fingerprint density at radius 3 is 2.53 bits per heavy atom. The summed E-state index contributed by atoms with van der Waals surface area (Å²) in [7, 11) is 0. The van der Waals surface area contributed by atoms with E-state index in [1.165, 1.54) is 6.92 Å². The number of esters is 1. The van der Waals surface area contributed by atoms with Crippen molar-refractivity contribution in [1.82, 2.24) is 0 Å². The average Bonchev–Trinajstić information content (AvgIpc) is 2.20. The summed E-state index contributed by atoms with van der Waals surface area (Å²) >= 11 is 0. The molecular formula is C13H19NO3. The van der Waals surface area contributed by atoms with Gasteiger partial charge in [0.2, 0.25) is 5.91 Å². The van der Waals surface area contributed by atoms with E-state index in [1.54, 1.807) is 19.1 Å². The zero-order chi connectivity index (χ0) is 12.1. The van der Waals surface area contributed by atoms with Crippen LogP contribution < -0.4 is 5.32 Å². The highest BCUT2D eigenvalue weighted by atomic mass is 16.5. The zero-order valence-corrected chi connectivity index (χ0v) is 9.66. The molecule has 0 fully saturated rings. The summed E-state index contributed by atoms with van der Waals surface area (Å²) in [6.07, 6.45) is 0. The minimum Gasteiger partial charge on any atom is -0.462 e. The van der Waals surface area contributed by atoms with E-state index in [0.717, 1.165) is 5.56 Å². The average molecular weight is 237 g/mol. The molecule has 4 heteroatoms. The molecule has 0 saturated heterocycles. The van der Waals surface area contributed by atoms with Gasteiger partial charge in [0.15, 0.2) is 0 Å². The quantitative estimate of drug-likeness (QED) is 0.822. The topological polar surface area (TPSA) is 55.4 Å². The molecule has 1 amide bonds. The van der Waals surface area contributed by atoms with Gasteiger partial charge in [0, 0.05) is 6.92 Å². The lowest BCUT2D eigenvalue weighted by atomic mass is 10.1. The Morgan fingerprint density at radius 1 is 1.35 bits per heavy atom. The first-order chi connectivity index (χ1) is 7.54. The number of rotatable bonds is 3. The Labute approximate surface area is 102 Å². The van der Waals surface area contributed by atoms with Gasteiger partial charge in [-0.1, -0.05) is 19.1 Å². The van der Waals surface area contributed by atoms with Crippen molar-refractivity contribution in [3.63, 3.8) is 0 Å². The van der Waals surface area contributed by atoms with E-state index in [2.05, 4.69) is 5.32 Å². The molecule has 1 aromatic rings. The van der Waals surface area contributed by atoms with Gasteiger partial charge in [-0.15, -0.1) is 0 Å². The Balaban J connectivity index is 0.00000256. The summed E-state index contributed by atoms with van der Waals surface area (Å²) in [4.78, 5) is 22.6. The number of hydrogen-bond donors (Lipinski definition) is 1. The molecule has 0 spiro atoms. The van der Waals surface area contributed by atoms with Gasteiger partial charge in [-0.25, -0.2) is 4.79 Å². The van der Waals surface area contributed by atoms with Crippen molar-refractivity contribution < 1.29 is 14.3 Å². The van der Waals surface area contributed by atoms with Gasteiger partial charge in [0.1, 0.15) is 0 Å². The number of nitrogens with one attached hydrogen (secondary N) is 1. The molecule has 0 aliphatic carbocycles. The van der Waals surface area contributed by atoms with Gasteiger partial charge in [0.25, 0.3) is 0 Å². The van der Waals surface area contributed by atoms with Crippen LogP contribution in [0.25, 0.3) is 0 Å². The maximum absolute atomic E-state index is 11.6. The Bertz CT molecular complexity index is 413. The molecule has 0 bridgehead atoms. The third kappa shape index (κ3) is 4.26. The summed E-state index contributed by atoms with van der Waals surface area (Å²) in [5.41, 5.74) is 1.81. The summed E-state index contributed by atoms with van der Waals surface area (Å²) in [5, 5.41) is 2.60. The van der Waals surface area contributed by atoms with Crippen molar-refractivity contribution in [3.8, 4) is 0 Å². The van der Waals surface area contributed by atoms with Crippen LogP contribution in [0, 0.1) is 6.92 Å². The highest BCUT2D eigenvalue weighted by Gasteiger charge is 2.13. The van der Waals surface area contributed by atoms with Crippen LogP contribution in [-0.4, -0.2) is 18.5 Å². The molecule has 4 nitrogen and oxygen atoms in total. The summed E-state index contributed by atoms with van der Waals surface area (Å²) in [6.45, 7) is 5.33. The van der Waals surface area contributed by atoms with Crippen molar-refractivity contribution in [2.24, 2.45) is 0 Å². The number of ether oxygens (including phenoxy) is 1. The van der Waals surface area contributed by atoms with Crippen molar-refractivity contribution in [3.05, 3.63) is 29.3 Å². The van der Waals surface area contributed by atoms with Gasteiger partial charge in [-0.3, -0.25) is 4.79 Å². The summed E-state index contributed by atoms with van der Waals surface area (Å²) in [6, 6.07) is 5.22. The molecule has 0 aliphatic rings. The second-order valence-corrected chi connectivity index (χ2v) is 3.45. The van der Waals surface area contributed by atoms with Crippen molar-refractivity contribution in [2.45, 2.75) is 28.2 Å². The first-order valence-electron chi connectivity index (χ1n) is 5.10. The first kappa shape index (κ1) is 15.2. The van der Waals surface area contributed by atoms with Crippen LogP contribution in [0.5, 0.6) is 0 Å². The molecule has 0 atom stereocenters. The molecule has 94 valence electrons. The van der Waals surface area contributed by atoms with E-state index < -0.39 is 5.97 Å². The Hall–Kier alpha value is -1.84. The molecule has 17 heavy (non-hydrogen) atoms. The lowest BCUT2D eigenvalue weighted by molar-refractivity contribution is -0.114. The fourth-order valence-electron chi connectivity index (χ4n) is 1.33. The minimum atomic E-state index is -0.421. The zero-order valence-electron chi connectivity index (χ0n) is 9.66. The largest absolute Gasteiger partial charge is 0.462 e.